The van der Waals surface area contributed by atoms with E-state index in [4.69, 9.17) is 4.74 Å². The van der Waals surface area contributed by atoms with Crippen molar-refractivity contribution >= 4 is 0 Å². The first kappa shape index (κ1) is 15.3. The zero-order valence-electron chi connectivity index (χ0n) is 13.1. The summed E-state index contributed by atoms with van der Waals surface area (Å²) in [5.41, 5.74) is 1.90. The third kappa shape index (κ3) is 3.97. The largest absolute Gasteiger partial charge is 0.493 e. The Balaban J connectivity index is 1.93. The van der Waals surface area contributed by atoms with Gasteiger partial charge in [0.1, 0.15) is 5.75 Å². The van der Waals surface area contributed by atoms with Crippen LogP contribution in [0.5, 0.6) is 5.75 Å². The summed E-state index contributed by atoms with van der Waals surface area (Å²) in [4.78, 5) is 0. The van der Waals surface area contributed by atoms with Crippen LogP contribution in [-0.2, 0) is 6.42 Å². The van der Waals surface area contributed by atoms with Gasteiger partial charge in [0.05, 0.1) is 12.2 Å². The van der Waals surface area contributed by atoms with Crippen molar-refractivity contribution in [1.29, 1.82) is 0 Å². The number of ether oxygens (including phenoxy) is 1. The summed E-state index contributed by atoms with van der Waals surface area (Å²) in [6.07, 6.45) is 1.81. The molecule has 0 aliphatic carbocycles. The maximum atomic E-state index is 10.4. The van der Waals surface area contributed by atoms with Crippen LogP contribution in [0.1, 0.15) is 51.3 Å². The average Bonchev–Trinajstić information content (AvgIpc) is 2.81. The number of benzene rings is 1. The van der Waals surface area contributed by atoms with Gasteiger partial charge in [-0.15, -0.1) is 0 Å². The normalized spacial score (nSPS) is 18.5. The molecule has 3 nitrogen and oxygen atoms in total. The average molecular weight is 277 g/mol. The molecule has 2 rings (SSSR count). The Labute approximate surface area is 122 Å². The molecule has 0 amide bonds. The molecule has 0 saturated heterocycles. The topological polar surface area (TPSA) is 41.5 Å². The minimum Gasteiger partial charge on any atom is -0.493 e. The fourth-order valence-electron chi connectivity index (χ4n) is 2.92. The lowest BCUT2D eigenvalue weighted by Gasteiger charge is -2.28. The zero-order chi connectivity index (χ0) is 14.8. The van der Waals surface area contributed by atoms with Crippen LogP contribution in [0.4, 0.5) is 0 Å². The molecule has 1 aromatic carbocycles. The molecule has 0 radical (unpaired) electrons. The molecule has 2 unspecified atom stereocenters. The molecule has 3 heteroatoms. The lowest BCUT2D eigenvalue weighted by molar-refractivity contribution is 0.0363. The molecule has 0 saturated carbocycles. The molecule has 0 spiro atoms. The molecular weight excluding hydrogens is 250 g/mol. The van der Waals surface area contributed by atoms with Crippen molar-refractivity contribution in [3.8, 4) is 5.75 Å². The van der Waals surface area contributed by atoms with E-state index in [0.29, 0.717) is 12.5 Å². The lowest BCUT2D eigenvalue weighted by atomic mass is 9.93. The van der Waals surface area contributed by atoms with E-state index in [9.17, 15) is 5.11 Å². The molecule has 0 aromatic heterocycles. The molecule has 1 aliphatic heterocycles. The molecule has 1 aliphatic rings. The quantitative estimate of drug-likeness (QED) is 0.839. The van der Waals surface area contributed by atoms with Crippen molar-refractivity contribution in [3.05, 3.63) is 29.3 Å². The second-order valence-corrected chi connectivity index (χ2v) is 6.66. The zero-order valence-corrected chi connectivity index (χ0v) is 13.1. The Morgan fingerprint density at radius 2 is 2.10 bits per heavy atom. The molecule has 2 atom stereocenters. The Morgan fingerprint density at radius 1 is 1.35 bits per heavy atom. The second kappa shape index (κ2) is 6.15. The standard InChI is InChI=1S/C17H27NO2/c1-12(2)10-17(4,19)11-18-13(3)14-5-6-16-15(9-14)7-8-20-16/h5-6,9,12-13,18-19H,7-8,10-11H2,1-4H3. The van der Waals surface area contributed by atoms with Gasteiger partial charge in [-0.1, -0.05) is 26.0 Å². The summed E-state index contributed by atoms with van der Waals surface area (Å²) in [5.74, 6) is 1.52. The van der Waals surface area contributed by atoms with Gasteiger partial charge in [-0.3, -0.25) is 0 Å². The number of rotatable bonds is 6. The van der Waals surface area contributed by atoms with Crippen LogP contribution in [0.25, 0.3) is 0 Å². The van der Waals surface area contributed by atoms with Crippen molar-refractivity contribution in [3.63, 3.8) is 0 Å². The Hall–Kier alpha value is -1.06. The number of hydrogen-bond donors (Lipinski definition) is 2. The first-order chi connectivity index (χ1) is 9.37. The molecule has 2 N–H and O–H groups in total. The van der Waals surface area contributed by atoms with Gasteiger partial charge in [-0.25, -0.2) is 0 Å². The van der Waals surface area contributed by atoms with Crippen molar-refractivity contribution in [1.82, 2.24) is 5.32 Å². The number of hydrogen-bond acceptors (Lipinski definition) is 3. The van der Waals surface area contributed by atoms with Crippen molar-refractivity contribution < 1.29 is 9.84 Å². The first-order valence-electron chi connectivity index (χ1n) is 7.59. The maximum absolute atomic E-state index is 10.4. The van der Waals surface area contributed by atoms with Crippen LogP contribution in [0.3, 0.4) is 0 Å². The van der Waals surface area contributed by atoms with E-state index in [1.807, 2.05) is 6.92 Å². The van der Waals surface area contributed by atoms with Crippen LogP contribution < -0.4 is 10.1 Å². The van der Waals surface area contributed by atoms with Crippen LogP contribution in [-0.4, -0.2) is 23.9 Å². The molecule has 0 bridgehead atoms. The van der Waals surface area contributed by atoms with E-state index >= 15 is 0 Å². The second-order valence-electron chi connectivity index (χ2n) is 6.66. The lowest BCUT2D eigenvalue weighted by Crippen LogP contribution is -2.39. The van der Waals surface area contributed by atoms with Gasteiger partial charge in [0, 0.05) is 19.0 Å². The summed E-state index contributed by atoms with van der Waals surface area (Å²) >= 11 is 0. The van der Waals surface area contributed by atoms with Gasteiger partial charge < -0.3 is 15.2 Å². The highest BCUT2D eigenvalue weighted by atomic mass is 16.5. The molecule has 1 heterocycles. The fraction of sp³-hybridized carbons (Fsp3) is 0.647. The van der Waals surface area contributed by atoms with Crippen molar-refractivity contribution in [2.45, 2.75) is 52.2 Å². The Bertz CT molecular complexity index is 454. The monoisotopic (exact) mass is 277 g/mol. The maximum Gasteiger partial charge on any atom is 0.122 e. The minimum atomic E-state index is -0.651. The van der Waals surface area contributed by atoms with E-state index in [1.54, 1.807) is 0 Å². The predicted octanol–water partition coefficient (Wildman–Crippen LogP) is 3.07. The van der Waals surface area contributed by atoms with E-state index in [1.165, 1.54) is 11.1 Å². The smallest absolute Gasteiger partial charge is 0.122 e. The summed E-state index contributed by atoms with van der Waals surface area (Å²) in [6.45, 7) is 9.73. The van der Waals surface area contributed by atoms with Crippen molar-refractivity contribution in [2.75, 3.05) is 13.2 Å². The van der Waals surface area contributed by atoms with E-state index < -0.39 is 5.60 Å². The minimum absolute atomic E-state index is 0.236. The van der Waals surface area contributed by atoms with E-state index in [-0.39, 0.29) is 6.04 Å². The summed E-state index contributed by atoms with van der Waals surface area (Å²) in [6, 6.07) is 6.62. The Kier molecular flexibility index (Phi) is 4.71. The summed E-state index contributed by atoms with van der Waals surface area (Å²) < 4.78 is 5.53. The Morgan fingerprint density at radius 3 is 2.80 bits per heavy atom. The third-order valence-corrected chi connectivity index (χ3v) is 3.85. The molecule has 112 valence electrons. The number of nitrogens with one attached hydrogen (secondary N) is 1. The third-order valence-electron chi connectivity index (χ3n) is 3.85. The van der Waals surface area contributed by atoms with Crippen LogP contribution in [0.15, 0.2) is 18.2 Å². The van der Waals surface area contributed by atoms with Gasteiger partial charge >= 0.3 is 0 Å². The van der Waals surface area contributed by atoms with E-state index in [2.05, 4.69) is 44.3 Å². The molecule has 1 aromatic rings. The number of fused-ring (bicyclic) bond motifs is 1. The SMILES string of the molecule is CC(C)CC(C)(O)CNC(C)c1ccc2c(c1)CCO2. The van der Waals surface area contributed by atoms with Gasteiger partial charge in [0.25, 0.3) is 0 Å². The van der Waals surface area contributed by atoms with E-state index in [0.717, 1.165) is 25.2 Å². The van der Waals surface area contributed by atoms with Gasteiger partial charge in [0.2, 0.25) is 0 Å². The van der Waals surface area contributed by atoms with Crippen LogP contribution >= 0.6 is 0 Å². The highest BCUT2D eigenvalue weighted by Gasteiger charge is 2.23. The van der Waals surface area contributed by atoms with Gasteiger partial charge in [-0.05, 0) is 43.4 Å². The first-order valence-corrected chi connectivity index (χ1v) is 7.59. The highest BCUT2D eigenvalue weighted by molar-refractivity contribution is 5.40. The van der Waals surface area contributed by atoms with Crippen molar-refractivity contribution in [2.24, 2.45) is 5.92 Å². The molecule has 0 fully saturated rings. The van der Waals surface area contributed by atoms with Gasteiger partial charge in [-0.2, -0.15) is 0 Å². The summed E-state index contributed by atoms with van der Waals surface area (Å²) in [7, 11) is 0. The van der Waals surface area contributed by atoms with Crippen LogP contribution in [0, 0.1) is 5.92 Å². The number of aliphatic hydroxyl groups is 1. The molecule has 20 heavy (non-hydrogen) atoms. The fourth-order valence-corrected chi connectivity index (χ4v) is 2.92. The van der Waals surface area contributed by atoms with Gasteiger partial charge in [0.15, 0.2) is 0 Å². The highest BCUT2D eigenvalue weighted by Crippen LogP contribution is 2.28. The van der Waals surface area contributed by atoms with Crippen LogP contribution in [0.2, 0.25) is 0 Å². The summed E-state index contributed by atoms with van der Waals surface area (Å²) in [5, 5.41) is 13.8. The predicted molar refractivity (Wildman–Crippen MR) is 82.1 cm³/mol. The molecular formula is C17H27NO2.